The van der Waals surface area contributed by atoms with Crippen LogP contribution in [-0.4, -0.2) is 12.1 Å². The first-order valence-corrected chi connectivity index (χ1v) is 7.30. The number of carbonyl (C=O) groups excluding carboxylic acids is 2. The van der Waals surface area contributed by atoms with Gasteiger partial charge in [-0.15, -0.1) is 0 Å². The first-order chi connectivity index (χ1) is 11.0. The number of hydrogen-bond donors (Lipinski definition) is 1. The van der Waals surface area contributed by atoms with E-state index >= 15 is 0 Å². The van der Waals surface area contributed by atoms with Gasteiger partial charge in [-0.2, -0.15) is 0 Å². The van der Waals surface area contributed by atoms with Gasteiger partial charge in [-0.25, -0.2) is 4.79 Å². The fourth-order valence-electron chi connectivity index (χ4n) is 2.08. The molecule has 0 saturated heterocycles. The van der Waals surface area contributed by atoms with Gasteiger partial charge in [0.2, 0.25) is 5.91 Å². The van der Waals surface area contributed by atoms with Crippen LogP contribution in [0.25, 0.3) is 0 Å². The molecule has 1 unspecified atom stereocenters. The van der Waals surface area contributed by atoms with Gasteiger partial charge in [0.1, 0.15) is 12.4 Å². The molecule has 23 heavy (non-hydrogen) atoms. The summed E-state index contributed by atoms with van der Waals surface area (Å²) >= 11 is 0. The lowest BCUT2D eigenvalue weighted by molar-refractivity contribution is -0.119. The summed E-state index contributed by atoms with van der Waals surface area (Å²) in [5.41, 5.74) is 1.73. The fraction of sp³-hybridized carbons (Fsp3) is 0.222. The van der Waals surface area contributed by atoms with Crippen molar-refractivity contribution >= 4 is 12.1 Å². The monoisotopic (exact) mass is 313 g/mol. The van der Waals surface area contributed by atoms with Crippen LogP contribution in [0.2, 0.25) is 0 Å². The summed E-state index contributed by atoms with van der Waals surface area (Å²) in [5.74, 6) is 0.254. The number of ether oxygens (including phenoxy) is 2. The second kappa shape index (κ2) is 7.98. The summed E-state index contributed by atoms with van der Waals surface area (Å²) in [4.78, 5) is 22.8. The predicted molar refractivity (Wildman–Crippen MR) is 85.9 cm³/mol. The maximum Gasteiger partial charge on any atom is 0.514 e. The highest BCUT2D eigenvalue weighted by molar-refractivity contribution is 5.73. The Morgan fingerprint density at radius 2 is 1.83 bits per heavy atom. The van der Waals surface area contributed by atoms with E-state index in [1.807, 2.05) is 43.3 Å². The minimum Gasteiger partial charge on any atom is -0.429 e. The van der Waals surface area contributed by atoms with Crippen LogP contribution >= 0.6 is 0 Å². The molecule has 0 heterocycles. The summed E-state index contributed by atoms with van der Waals surface area (Å²) in [6.45, 7) is 3.47. The highest BCUT2D eigenvalue weighted by Gasteiger charge is 2.10. The molecule has 0 saturated carbocycles. The van der Waals surface area contributed by atoms with E-state index in [9.17, 15) is 9.59 Å². The number of nitrogens with one attached hydrogen (secondary N) is 1. The van der Waals surface area contributed by atoms with Gasteiger partial charge >= 0.3 is 6.16 Å². The van der Waals surface area contributed by atoms with Gasteiger partial charge < -0.3 is 14.8 Å². The molecule has 0 spiro atoms. The smallest absolute Gasteiger partial charge is 0.429 e. The quantitative estimate of drug-likeness (QED) is 0.676. The van der Waals surface area contributed by atoms with E-state index in [-0.39, 0.29) is 18.6 Å². The average Bonchev–Trinajstić information content (AvgIpc) is 2.53. The van der Waals surface area contributed by atoms with Crippen LogP contribution in [0.3, 0.4) is 0 Å². The van der Waals surface area contributed by atoms with Gasteiger partial charge in [0.25, 0.3) is 0 Å². The van der Waals surface area contributed by atoms with Gasteiger partial charge in [0.05, 0.1) is 6.04 Å². The molecular formula is C18H19NO4. The van der Waals surface area contributed by atoms with Crippen molar-refractivity contribution in [2.45, 2.75) is 26.5 Å². The van der Waals surface area contributed by atoms with E-state index in [1.165, 1.54) is 6.92 Å². The van der Waals surface area contributed by atoms with Crippen molar-refractivity contribution in [3.05, 3.63) is 65.7 Å². The molecule has 5 nitrogen and oxygen atoms in total. The highest BCUT2D eigenvalue weighted by atomic mass is 16.7. The lowest BCUT2D eigenvalue weighted by atomic mass is 10.1. The molecule has 5 heteroatoms. The summed E-state index contributed by atoms with van der Waals surface area (Å²) in [6.07, 6.45) is -0.766. The van der Waals surface area contributed by atoms with Gasteiger partial charge in [0, 0.05) is 6.92 Å². The van der Waals surface area contributed by atoms with Crippen LogP contribution in [0.1, 0.15) is 31.0 Å². The van der Waals surface area contributed by atoms with Gasteiger partial charge in [-0.3, -0.25) is 4.79 Å². The van der Waals surface area contributed by atoms with E-state index in [1.54, 1.807) is 18.2 Å². The minimum atomic E-state index is -0.766. The first-order valence-electron chi connectivity index (χ1n) is 7.30. The number of amides is 1. The summed E-state index contributed by atoms with van der Waals surface area (Å²) in [5, 5.41) is 2.78. The average molecular weight is 313 g/mol. The lowest BCUT2D eigenvalue weighted by Crippen LogP contribution is -2.23. The Balaban J connectivity index is 1.92. The molecule has 0 aromatic heterocycles. The van der Waals surface area contributed by atoms with E-state index in [0.717, 1.165) is 11.1 Å². The van der Waals surface area contributed by atoms with Crippen molar-refractivity contribution in [1.29, 1.82) is 0 Å². The molecular weight excluding hydrogens is 294 g/mol. The van der Waals surface area contributed by atoms with Crippen molar-refractivity contribution in [2.75, 3.05) is 0 Å². The zero-order chi connectivity index (χ0) is 16.7. The molecule has 0 bridgehead atoms. The molecule has 0 aliphatic rings. The van der Waals surface area contributed by atoms with E-state index in [4.69, 9.17) is 9.47 Å². The number of hydrogen-bond acceptors (Lipinski definition) is 4. The van der Waals surface area contributed by atoms with E-state index < -0.39 is 6.16 Å². The van der Waals surface area contributed by atoms with Crippen molar-refractivity contribution in [1.82, 2.24) is 5.32 Å². The Bertz CT molecular complexity index is 670. The Kier molecular flexibility index (Phi) is 5.74. The molecule has 0 fully saturated rings. The van der Waals surface area contributed by atoms with Crippen molar-refractivity contribution < 1.29 is 19.1 Å². The fourth-order valence-corrected chi connectivity index (χ4v) is 2.08. The second-order valence-electron chi connectivity index (χ2n) is 5.12. The number of rotatable bonds is 5. The second-order valence-corrected chi connectivity index (χ2v) is 5.12. The number of benzene rings is 2. The van der Waals surface area contributed by atoms with Gasteiger partial charge in [-0.05, 0) is 30.2 Å². The molecule has 2 aromatic rings. The van der Waals surface area contributed by atoms with E-state index in [2.05, 4.69) is 5.32 Å². The van der Waals surface area contributed by atoms with Crippen LogP contribution < -0.4 is 10.1 Å². The molecule has 2 rings (SSSR count). The summed E-state index contributed by atoms with van der Waals surface area (Å²) < 4.78 is 10.2. The summed E-state index contributed by atoms with van der Waals surface area (Å²) in [6, 6.07) is 16.2. The summed E-state index contributed by atoms with van der Waals surface area (Å²) in [7, 11) is 0. The highest BCUT2D eigenvalue weighted by Crippen LogP contribution is 2.19. The molecule has 1 N–H and O–H groups in total. The van der Waals surface area contributed by atoms with Crippen molar-refractivity contribution in [3.8, 4) is 5.75 Å². The van der Waals surface area contributed by atoms with E-state index in [0.29, 0.717) is 5.75 Å². The molecule has 0 aliphatic heterocycles. The predicted octanol–water partition coefficient (Wildman–Crippen LogP) is 3.60. The van der Waals surface area contributed by atoms with Crippen LogP contribution in [0, 0.1) is 0 Å². The standard InChI is InChI=1S/C18H19NO4/c1-13(19-14(2)20)16-9-6-10-17(11-16)23-18(21)22-12-15-7-4-3-5-8-15/h3-11,13H,12H2,1-2H3,(H,19,20). The third kappa shape index (κ3) is 5.47. The zero-order valence-corrected chi connectivity index (χ0v) is 13.1. The van der Waals surface area contributed by atoms with Crippen molar-refractivity contribution in [3.63, 3.8) is 0 Å². The van der Waals surface area contributed by atoms with Crippen LogP contribution in [0.15, 0.2) is 54.6 Å². The molecule has 2 aromatic carbocycles. The maximum absolute atomic E-state index is 11.7. The number of carbonyl (C=O) groups is 2. The molecule has 0 radical (unpaired) electrons. The first kappa shape index (κ1) is 16.5. The van der Waals surface area contributed by atoms with Crippen LogP contribution in [0.5, 0.6) is 5.75 Å². The largest absolute Gasteiger partial charge is 0.514 e. The van der Waals surface area contributed by atoms with Crippen LogP contribution in [0.4, 0.5) is 4.79 Å². The molecule has 1 atom stereocenters. The maximum atomic E-state index is 11.7. The van der Waals surface area contributed by atoms with Gasteiger partial charge in [0.15, 0.2) is 0 Å². The Morgan fingerprint density at radius 1 is 1.09 bits per heavy atom. The minimum absolute atomic E-state index is 0.119. The normalized spacial score (nSPS) is 11.4. The SMILES string of the molecule is CC(=O)NC(C)c1cccc(OC(=O)OCc2ccccc2)c1. The Morgan fingerprint density at radius 3 is 2.52 bits per heavy atom. The van der Waals surface area contributed by atoms with Gasteiger partial charge in [-0.1, -0.05) is 42.5 Å². The Hall–Kier alpha value is -2.82. The molecule has 1 amide bonds. The van der Waals surface area contributed by atoms with Crippen molar-refractivity contribution in [2.24, 2.45) is 0 Å². The third-order valence-corrected chi connectivity index (χ3v) is 3.18. The zero-order valence-electron chi connectivity index (χ0n) is 13.1. The lowest BCUT2D eigenvalue weighted by Gasteiger charge is -2.14. The third-order valence-electron chi connectivity index (χ3n) is 3.18. The molecule has 0 aliphatic carbocycles. The topological polar surface area (TPSA) is 64.6 Å². The Labute approximate surface area is 135 Å². The molecule has 120 valence electrons. The van der Waals surface area contributed by atoms with Crippen LogP contribution in [-0.2, 0) is 16.1 Å².